The quantitative estimate of drug-likeness (QED) is 0.635. The van der Waals surface area contributed by atoms with Gasteiger partial charge in [0.25, 0.3) is 0 Å². The van der Waals surface area contributed by atoms with Crippen LogP contribution in [0.3, 0.4) is 0 Å². The number of halogens is 3. The van der Waals surface area contributed by atoms with E-state index in [4.69, 9.17) is 0 Å². The number of nitrogens with one attached hydrogen (secondary N) is 1. The van der Waals surface area contributed by atoms with Crippen molar-refractivity contribution in [1.29, 1.82) is 0 Å². The molecule has 0 atom stereocenters. The van der Waals surface area contributed by atoms with Gasteiger partial charge in [0.2, 0.25) is 5.13 Å². The van der Waals surface area contributed by atoms with E-state index in [0.29, 0.717) is 4.34 Å². The summed E-state index contributed by atoms with van der Waals surface area (Å²) < 4.78 is 35.8. The standard InChI is InChI=1S/C5H4F3N3OS2/c1-13-4-11-10-3(14-4)9-2(12)5(6,7)8/h1H3,(H,9,10,12). The average Bonchev–Trinajstić information content (AvgIpc) is 2.50. The predicted molar refractivity (Wildman–Crippen MR) is 46.4 cm³/mol. The first-order valence-electron chi connectivity index (χ1n) is 3.19. The first kappa shape index (κ1) is 11.2. The molecule has 0 saturated heterocycles. The summed E-state index contributed by atoms with van der Waals surface area (Å²) in [5.74, 6) is -2.04. The maximum absolute atomic E-state index is 11.8. The van der Waals surface area contributed by atoms with E-state index in [1.165, 1.54) is 11.8 Å². The van der Waals surface area contributed by atoms with Crippen molar-refractivity contribution in [3.05, 3.63) is 0 Å². The summed E-state index contributed by atoms with van der Waals surface area (Å²) in [7, 11) is 0. The van der Waals surface area contributed by atoms with Crippen molar-refractivity contribution in [3.8, 4) is 0 Å². The molecule has 0 aliphatic heterocycles. The molecule has 78 valence electrons. The van der Waals surface area contributed by atoms with Crippen molar-refractivity contribution in [2.75, 3.05) is 11.6 Å². The van der Waals surface area contributed by atoms with Crippen LogP contribution in [-0.2, 0) is 4.79 Å². The minimum absolute atomic E-state index is 0.156. The first-order valence-corrected chi connectivity index (χ1v) is 5.23. The summed E-state index contributed by atoms with van der Waals surface area (Å²) >= 11 is 2.12. The molecule has 1 aromatic heterocycles. The first-order chi connectivity index (χ1) is 6.43. The Kier molecular flexibility index (Phi) is 3.32. The Morgan fingerprint density at radius 3 is 2.57 bits per heavy atom. The second kappa shape index (κ2) is 4.13. The van der Waals surface area contributed by atoms with Crippen LogP contribution in [0.25, 0.3) is 0 Å². The van der Waals surface area contributed by atoms with Crippen LogP contribution in [0, 0.1) is 0 Å². The maximum Gasteiger partial charge on any atom is 0.471 e. The Labute approximate surface area is 84.9 Å². The summed E-state index contributed by atoms with van der Waals surface area (Å²) in [5, 5.41) is 8.32. The van der Waals surface area contributed by atoms with Crippen LogP contribution in [0.4, 0.5) is 18.3 Å². The van der Waals surface area contributed by atoms with Gasteiger partial charge in [0.1, 0.15) is 0 Å². The summed E-state index contributed by atoms with van der Waals surface area (Å²) in [4.78, 5) is 10.4. The van der Waals surface area contributed by atoms with Crippen molar-refractivity contribution in [3.63, 3.8) is 0 Å². The maximum atomic E-state index is 11.8. The SMILES string of the molecule is CSc1nnc(NC(=O)C(F)(F)F)s1. The number of aromatic nitrogens is 2. The normalized spacial score (nSPS) is 11.4. The summed E-state index contributed by atoms with van der Waals surface area (Å²) in [6, 6.07) is 0. The molecule has 0 saturated carbocycles. The zero-order valence-electron chi connectivity index (χ0n) is 6.75. The fourth-order valence-electron chi connectivity index (χ4n) is 0.511. The van der Waals surface area contributed by atoms with Gasteiger partial charge >= 0.3 is 12.1 Å². The molecule has 0 radical (unpaired) electrons. The van der Waals surface area contributed by atoms with Crippen LogP contribution in [-0.4, -0.2) is 28.5 Å². The Bertz CT molecular complexity index is 337. The summed E-state index contributed by atoms with van der Waals surface area (Å²) in [5.41, 5.74) is 0. The lowest BCUT2D eigenvalue weighted by atomic mass is 10.6. The monoisotopic (exact) mass is 243 g/mol. The van der Waals surface area contributed by atoms with E-state index < -0.39 is 12.1 Å². The molecule has 0 aliphatic carbocycles. The third kappa shape index (κ3) is 2.84. The average molecular weight is 243 g/mol. The van der Waals surface area contributed by atoms with Gasteiger partial charge in [-0.15, -0.1) is 10.2 Å². The minimum atomic E-state index is -4.90. The molecule has 0 spiro atoms. The number of alkyl halides is 3. The van der Waals surface area contributed by atoms with Crippen molar-refractivity contribution in [2.45, 2.75) is 10.5 Å². The highest BCUT2D eigenvalue weighted by atomic mass is 32.2. The fourth-order valence-corrected chi connectivity index (χ4v) is 1.68. The number of carbonyl (C=O) groups is 1. The highest BCUT2D eigenvalue weighted by Gasteiger charge is 2.39. The molecule has 0 bridgehead atoms. The second-order valence-electron chi connectivity index (χ2n) is 2.03. The number of thioether (sulfide) groups is 1. The van der Waals surface area contributed by atoms with Gasteiger partial charge in [-0.05, 0) is 6.26 Å². The third-order valence-corrected chi connectivity index (χ3v) is 2.87. The Hall–Kier alpha value is -0.830. The van der Waals surface area contributed by atoms with E-state index in [0.717, 1.165) is 11.3 Å². The van der Waals surface area contributed by atoms with E-state index in [2.05, 4.69) is 10.2 Å². The smallest absolute Gasteiger partial charge is 0.293 e. The van der Waals surface area contributed by atoms with Gasteiger partial charge in [-0.1, -0.05) is 23.1 Å². The van der Waals surface area contributed by atoms with Gasteiger partial charge in [0.15, 0.2) is 4.34 Å². The van der Waals surface area contributed by atoms with Crippen LogP contribution < -0.4 is 5.32 Å². The van der Waals surface area contributed by atoms with Gasteiger partial charge < -0.3 is 0 Å². The number of nitrogens with zero attached hydrogens (tertiary/aromatic N) is 2. The van der Waals surface area contributed by atoms with Gasteiger partial charge in [-0.3, -0.25) is 10.1 Å². The van der Waals surface area contributed by atoms with Crippen molar-refractivity contribution in [1.82, 2.24) is 10.2 Å². The van der Waals surface area contributed by atoms with Crippen molar-refractivity contribution in [2.24, 2.45) is 0 Å². The van der Waals surface area contributed by atoms with Gasteiger partial charge in [0.05, 0.1) is 0 Å². The van der Waals surface area contributed by atoms with Crippen LogP contribution in [0.1, 0.15) is 0 Å². The molecule has 0 aromatic carbocycles. The largest absolute Gasteiger partial charge is 0.471 e. The van der Waals surface area contributed by atoms with Crippen LogP contribution in [0.5, 0.6) is 0 Å². The Morgan fingerprint density at radius 1 is 1.50 bits per heavy atom. The zero-order chi connectivity index (χ0) is 10.8. The molecule has 1 heterocycles. The lowest BCUT2D eigenvalue weighted by Gasteiger charge is -2.03. The number of anilines is 1. The van der Waals surface area contributed by atoms with Crippen LogP contribution in [0.2, 0.25) is 0 Å². The highest BCUT2D eigenvalue weighted by molar-refractivity contribution is 8.00. The molecule has 1 aromatic rings. The van der Waals surface area contributed by atoms with E-state index in [1.807, 2.05) is 0 Å². The second-order valence-corrected chi connectivity index (χ2v) is 4.06. The molecule has 14 heavy (non-hydrogen) atoms. The molecule has 1 N–H and O–H groups in total. The van der Waals surface area contributed by atoms with Crippen LogP contribution in [0.15, 0.2) is 4.34 Å². The molecule has 9 heteroatoms. The fraction of sp³-hybridized carbons (Fsp3) is 0.400. The van der Waals surface area contributed by atoms with E-state index in [1.54, 1.807) is 11.6 Å². The zero-order valence-corrected chi connectivity index (χ0v) is 8.39. The topological polar surface area (TPSA) is 54.9 Å². The van der Waals surface area contributed by atoms with E-state index in [9.17, 15) is 18.0 Å². The van der Waals surface area contributed by atoms with Gasteiger partial charge in [-0.25, -0.2) is 0 Å². The predicted octanol–water partition coefficient (Wildman–Crippen LogP) is 1.76. The summed E-state index contributed by atoms with van der Waals surface area (Å²) in [6.45, 7) is 0. The highest BCUT2D eigenvalue weighted by Crippen LogP contribution is 2.25. The number of amides is 1. The molecule has 1 amide bonds. The Morgan fingerprint density at radius 2 is 2.14 bits per heavy atom. The third-order valence-electron chi connectivity index (χ3n) is 1.06. The van der Waals surface area contributed by atoms with Crippen molar-refractivity contribution >= 4 is 34.1 Å². The number of carbonyl (C=O) groups excluding carboxylic acids is 1. The molecule has 0 fully saturated rings. The molecule has 0 unspecified atom stereocenters. The molecule has 4 nitrogen and oxygen atoms in total. The Balaban J connectivity index is 2.65. The summed E-state index contributed by atoms with van der Waals surface area (Å²) in [6.07, 6.45) is -3.19. The van der Waals surface area contributed by atoms with Gasteiger partial charge in [-0.2, -0.15) is 13.2 Å². The number of hydrogen-bond acceptors (Lipinski definition) is 5. The van der Waals surface area contributed by atoms with Gasteiger partial charge in [0, 0.05) is 0 Å². The molecular formula is C5H4F3N3OS2. The number of rotatable bonds is 2. The molecule has 0 aliphatic rings. The van der Waals surface area contributed by atoms with E-state index >= 15 is 0 Å². The lowest BCUT2D eigenvalue weighted by molar-refractivity contribution is -0.167. The number of hydrogen-bond donors (Lipinski definition) is 1. The minimum Gasteiger partial charge on any atom is -0.293 e. The van der Waals surface area contributed by atoms with E-state index in [-0.39, 0.29) is 5.13 Å². The van der Waals surface area contributed by atoms with Crippen LogP contribution >= 0.6 is 23.1 Å². The molecular weight excluding hydrogens is 239 g/mol. The van der Waals surface area contributed by atoms with Crippen molar-refractivity contribution < 1.29 is 18.0 Å². The lowest BCUT2D eigenvalue weighted by Crippen LogP contribution is -2.29. The molecule has 1 rings (SSSR count).